The van der Waals surface area contributed by atoms with Crippen molar-refractivity contribution in [1.29, 1.82) is 0 Å². The van der Waals surface area contributed by atoms with E-state index < -0.39 is 0 Å². The molecule has 1 heterocycles. The van der Waals surface area contributed by atoms with Gasteiger partial charge in [-0.3, -0.25) is 0 Å². The molecular weight excluding hydrogens is 204 g/mol. The molecule has 1 aliphatic rings. The van der Waals surface area contributed by atoms with E-state index in [0.717, 1.165) is 6.61 Å². The minimum absolute atomic E-state index is 0.352. The first-order valence-electron chi connectivity index (χ1n) is 3.65. The Morgan fingerprint density at radius 3 is 2.82 bits per heavy atom. The second-order valence-corrected chi connectivity index (χ2v) is 3.70. The van der Waals surface area contributed by atoms with Crippen LogP contribution >= 0.6 is 15.9 Å². The van der Waals surface area contributed by atoms with E-state index in [4.69, 9.17) is 4.74 Å². The van der Waals surface area contributed by atoms with Crippen molar-refractivity contribution in [3.8, 4) is 0 Å². The maximum Gasteiger partial charge on any atom is 0.107 e. The van der Waals surface area contributed by atoms with Gasteiger partial charge in [-0.25, -0.2) is 0 Å². The Bertz CT molecular complexity index is 279. The lowest BCUT2D eigenvalue weighted by Gasteiger charge is -2.00. The number of ether oxygens (including phenoxy) is 1. The van der Waals surface area contributed by atoms with E-state index in [1.165, 1.54) is 15.6 Å². The highest BCUT2D eigenvalue weighted by molar-refractivity contribution is 9.10. The van der Waals surface area contributed by atoms with Crippen LogP contribution in [0.3, 0.4) is 0 Å². The van der Waals surface area contributed by atoms with Gasteiger partial charge in [0.05, 0.1) is 6.61 Å². The molecule has 0 radical (unpaired) electrons. The van der Waals surface area contributed by atoms with E-state index in [0.29, 0.717) is 6.10 Å². The second kappa shape index (κ2) is 2.61. The smallest absolute Gasteiger partial charge is 0.107 e. The summed E-state index contributed by atoms with van der Waals surface area (Å²) in [6.45, 7) is 2.96. The van der Waals surface area contributed by atoms with Crippen LogP contribution in [0, 0.1) is 6.92 Å². The van der Waals surface area contributed by atoms with Gasteiger partial charge in [0.15, 0.2) is 0 Å². The molecule has 0 amide bonds. The van der Waals surface area contributed by atoms with Crippen molar-refractivity contribution in [3.05, 3.63) is 33.8 Å². The van der Waals surface area contributed by atoms with Crippen LogP contribution in [0.15, 0.2) is 22.7 Å². The van der Waals surface area contributed by atoms with Gasteiger partial charge in [0.1, 0.15) is 6.10 Å². The molecule has 0 aromatic heterocycles. The zero-order valence-electron chi connectivity index (χ0n) is 6.30. The van der Waals surface area contributed by atoms with Gasteiger partial charge in [-0.15, -0.1) is 0 Å². The summed E-state index contributed by atoms with van der Waals surface area (Å²) in [4.78, 5) is 0. The quantitative estimate of drug-likeness (QED) is 0.653. The Hall–Kier alpha value is -0.340. The first kappa shape index (κ1) is 7.32. The standard InChI is InChI=1S/C9H9BrO/c1-6-2-3-7(8(10)4-6)9-5-11-9/h2-4,9H,5H2,1H3/t9-/m0/s1. The Balaban J connectivity index is 2.39. The molecule has 1 aromatic carbocycles. The molecule has 0 bridgehead atoms. The molecule has 1 fully saturated rings. The maximum atomic E-state index is 5.19. The normalized spacial score (nSPS) is 21.8. The van der Waals surface area contributed by atoms with Gasteiger partial charge in [0.2, 0.25) is 0 Å². The van der Waals surface area contributed by atoms with Gasteiger partial charge in [-0.05, 0) is 24.1 Å². The zero-order valence-corrected chi connectivity index (χ0v) is 7.89. The van der Waals surface area contributed by atoms with Crippen LogP contribution in [0.25, 0.3) is 0 Å². The van der Waals surface area contributed by atoms with Crippen molar-refractivity contribution in [2.75, 3.05) is 6.61 Å². The lowest BCUT2D eigenvalue weighted by molar-refractivity contribution is 0.415. The molecular formula is C9H9BrO. The minimum atomic E-state index is 0.352. The Morgan fingerprint density at radius 2 is 2.27 bits per heavy atom. The number of aryl methyl sites for hydroxylation is 1. The average molecular weight is 213 g/mol. The predicted molar refractivity (Wildman–Crippen MR) is 47.6 cm³/mol. The highest BCUT2D eigenvalue weighted by Crippen LogP contribution is 2.35. The van der Waals surface area contributed by atoms with Gasteiger partial charge < -0.3 is 4.74 Å². The maximum absolute atomic E-state index is 5.19. The molecule has 0 unspecified atom stereocenters. The van der Waals surface area contributed by atoms with Gasteiger partial charge in [-0.2, -0.15) is 0 Å². The van der Waals surface area contributed by atoms with Crippen molar-refractivity contribution < 1.29 is 4.74 Å². The Kier molecular flexibility index (Phi) is 1.74. The molecule has 1 saturated heterocycles. The third-order valence-corrected chi connectivity index (χ3v) is 2.52. The number of hydrogen-bond acceptors (Lipinski definition) is 1. The van der Waals surface area contributed by atoms with Crippen molar-refractivity contribution in [2.45, 2.75) is 13.0 Å². The van der Waals surface area contributed by atoms with E-state index >= 15 is 0 Å². The van der Waals surface area contributed by atoms with Crippen molar-refractivity contribution >= 4 is 15.9 Å². The number of benzene rings is 1. The number of epoxide rings is 1. The zero-order chi connectivity index (χ0) is 7.84. The molecule has 58 valence electrons. The van der Waals surface area contributed by atoms with Crippen molar-refractivity contribution in [1.82, 2.24) is 0 Å². The van der Waals surface area contributed by atoms with E-state index in [-0.39, 0.29) is 0 Å². The number of halogens is 1. The summed E-state index contributed by atoms with van der Waals surface area (Å²) in [6, 6.07) is 6.36. The van der Waals surface area contributed by atoms with Gasteiger partial charge in [0.25, 0.3) is 0 Å². The van der Waals surface area contributed by atoms with E-state index in [9.17, 15) is 0 Å². The van der Waals surface area contributed by atoms with Gasteiger partial charge >= 0.3 is 0 Å². The molecule has 1 nitrogen and oxygen atoms in total. The molecule has 1 aromatic rings. The van der Waals surface area contributed by atoms with Crippen LogP contribution in [-0.2, 0) is 4.74 Å². The fourth-order valence-corrected chi connectivity index (χ4v) is 1.87. The number of rotatable bonds is 1. The fraction of sp³-hybridized carbons (Fsp3) is 0.333. The molecule has 2 heteroatoms. The van der Waals surface area contributed by atoms with E-state index in [1.54, 1.807) is 0 Å². The first-order chi connectivity index (χ1) is 5.27. The van der Waals surface area contributed by atoms with Crippen LogP contribution in [-0.4, -0.2) is 6.61 Å². The summed E-state index contributed by atoms with van der Waals surface area (Å²) in [5.74, 6) is 0. The molecule has 11 heavy (non-hydrogen) atoms. The molecule has 0 saturated carbocycles. The lowest BCUT2D eigenvalue weighted by atomic mass is 10.1. The fourth-order valence-electron chi connectivity index (χ4n) is 1.12. The third-order valence-electron chi connectivity index (χ3n) is 1.84. The average Bonchev–Trinajstić information content (AvgIpc) is 2.70. The largest absolute Gasteiger partial charge is 0.368 e. The highest BCUT2D eigenvalue weighted by Gasteiger charge is 2.26. The summed E-state index contributed by atoms with van der Waals surface area (Å²) in [7, 11) is 0. The van der Waals surface area contributed by atoms with Crippen molar-refractivity contribution in [2.24, 2.45) is 0 Å². The second-order valence-electron chi connectivity index (χ2n) is 2.85. The number of hydrogen-bond donors (Lipinski definition) is 0. The summed E-state index contributed by atoms with van der Waals surface area (Å²) in [5.41, 5.74) is 2.55. The summed E-state index contributed by atoms with van der Waals surface area (Å²) in [6.07, 6.45) is 0.352. The lowest BCUT2D eigenvalue weighted by Crippen LogP contribution is -1.83. The third kappa shape index (κ3) is 1.47. The van der Waals surface area contributed by atoms with E-state index in [1.807, 2.05) is 0 Å². The summed E-state index contributed by atoms with van der Waals surface area (Å²) in [5, 5.41) is 0. The van der Waals surface area contributed by atoms with Gasteiger partial charge in [-0.1, -0.05) is 28.1 Å². The van der Waals surface area contributed by atoms with E-state index in [2.05, 4.69) is 41.1 Å². The van der Waals surface area contributed by atoms with Gasteiger partial charge in [0, 0.05) is 4.47 Å². The summed E-state index contributed by atoms with van der Waals surface area (Å²) < 4.78 is 6.35. The first-order valence-corrected chi connectivity index (χ1v) is 4.44. The molecule has 1 atom stereocenters. The molecule has 1 aliphatic heterocycles. The van der Waals surface area contributed by atoms with Crippen LogP contribution in [0.4, 0.5) is 0 Å². The SMILES string of the molecule is Cc1ccc([C@@H]2CO2)c(Br)c1. The topological polar surface area (TPSA) is 12.5 Å². The molecule has 0 N–H and O–H groups in total. The van der Waals surface area contributed by atoms with Crippen LogP contribution in [0.2, 0.25) is 0 Å². The molecule has 0 spiro atoms. The van der Waals surface area contributed by atoms with Crippen LogP contribution in [0.5, 0.6) is 0 Å². The van der Waals surface area contributed by atoms with Crippen LogP contribution < -0.4 is 0 Å². The van der Waals surface area contributed by atoms with Crippen molar-refractivity contribution in [3.63, 3.8) is 0 Å². The minimum Gasteiger partial charge on any atom is -0.368 e. The Morgan fingerprint density at radius 1 is 1.55 bits per heavy atom. The highest BCUT2D eigenvalue weighted by atomic mass is 79.9. The summed E-state index contributed by atoms with van der Waals surface area (Å²) >= 11 is 3.51. The predicted octanol–water partition coefficient (Wildman–Crippen LogP) is 2.83. The molecule has 2 rings (SSSR count). The molecule has 0 aliphatic carbocycles. The monoisotopic (exact) mass is 212 g/mol. The van der Waals surface area contributed by atoms with Crippen LogP contribution in [0.1, 0.15) is 17.2 Å². The Labute approximate surface area is 74.5 Å².